The summed E-state index contributed by atoms with van der Waals surface area (Å²) in [5.41, 5.74) is 1.94. The molecule has 0 saturated carbocycles. The quantitative estimate of drug-likeness (QED) is 0.590. The summed E-state index contributed by atoms with van der Waals surface area (Å²) >= 11 is 1.53. The van der Waals surface area contributed by atoms with Crippen molar-refractivity contribution in [3.05, 3.63) is 64.1 Å². The molecule has 0 saturated heterocycles. The lowest BCUT2D eigenvalue weighted by Gasteiger charge is -1.98. The van der Waals surface area contributed by atoms with Crippen LogP contribution < -0.4 is 5.56 Å². The molecule has 0 aliphatic carbocycles. The fraction of sp³-hybridized carbons (Fsp3) is 0.111. The molecular weight excluding hydrogens is 308 g/mol. The molecule has 4 nitrogen and oxygen atoms in total. The van der Waals surface area contributed by atoms with E-state index in [1.807, 2.05) is 56.3 Å². The van der Waals surface area contributed by atoms with E-state index >= 15 is 0 Å². The summed E-state index contributed by atoms with van der Waals surface area (Å²) in [6, 6.07) is 13.7. The van der Waals surface area contributed by atoms with Crippen molar-refractivity contribution < 1.29 is 4.42 Å². The Morgan fingerprint density at radius 2 is 1.87 bits per heavy atom. The average Bonchev–Trinajstić information content (AvgIpc) is 3.12. The van der Waals surface area contributed by atoms with Crippen molar-refractivity contribution in [2.75, 3.05) is 0 Å². The summed E-state index contributed by atoms with van der Waals surface area (Å²) in [6.07, 6.45) is 0. The van der Waals surface area contributed by atoms with Crippen molar-refractivity contribution in [3.63, 3.8) is 0 Å². The van der Waals surface area contributed by atoms with Gasteiger partial charge in [0.15, 0.2) is 11.6 Å². The van der Waals surface area contributed by atoms with Crippen molar-refractivity contribution in [1.29, 1.82) is 0 Å². The smallest absolute Gasteiger partial charge is 0.260 e. The minimum Gasteiger partial charge on any atom is -0.458 e. The number of aryl methyl sites for hydroxylation is 2. The molecule has 4 rings (SSSR count). The second-order valence-corrected chi connectivity index (χ2v) is 6.43. The molecule has 0 radical (unpaired) electrons. The normalized spacial score (nSPS) is 11.2. The van der Waals surface area contributed by atoms with E-state index in [2.05, 4.69) is 9.97 Å². The van der Waals surface area contributed by atoms with Gasteiger partial charge in [-0.3, -0.25) is 4.79 Å². The van der Waals surface area contributed by atoms with E-state index < -0.39 is 0 Å². The van der Waals surface area contributed by atoms with E-state index in [9.17, 15) is 4.79 Å². The molecule has 0 aliphatic rings. The Hall–Kier alpha value is -2.66. The zero-order valence-corrected chi connectivity index (χ0v) is 13.5. The maximum Gasteiger partial charge on any atom is 0.260 e. The number of furan rings is 1. The monoisotopic (exact) mass is 322 g/mol. The van der Waals surface area contributed by atoms with Crippen LogP contribution in [0.25, 0.3) is 32.2 Å². The lowest BCUT2D eigenvalue weighted by Crippen LogP contribution is -2.08. The third-order valence-electron chi connectivity index (χ3n) is 3.81. The van der Waals surface area contributed by atoms with Crippen LogP contribution in [0.3, 0.4) is 0 Å². The highest BCUT2D eigenvalue weighted by Crippen LogP contribution is 2.36. The summed E-state index contributed by atoms with van der Waals surface area (Å²) in [6.45, 7) is 3.83. The number of aromatic nitrogens is 2. The number of nitrogens with zero attached hydrogens (tertiary/aromatic N) is 1. The van der Waals surface area contributed by atoms with Gasteiger partial charge in [0.1, 0.15) is 10.6 Å². The van der Waals surface area contributed by atoms with Gasteiger partial charge in [-0.1, -0.05) is 30.3 Å². The molecule has 23 heavy (non-hydrogen) atoms. The molecule has 0 fully saturated rings. The summed E-state index contributed by atoms with van der Waals surface area (Å²) in [5.74, 6) is 1.83. The number of H-pyrrole nitrogens is 1. The molecule has 114 valence electrons. The first-order chi connectivity index (χ1) is 11.1. The highest BCUT2D eigenvalue weighted by molar-refractivity contribution is 7.22. The van der Waals surface area contributed by atoms with E-state index in [4.69, 9.17) is 4.42 Å². The van der Waals surface area contributed by atoms with Crippen molar-refractivity contribution in [3.8, 4) is 22.0 Å². The molecule has 0 aliphatic heterocycles. The third-order valence-corrected chi connectivity index (χ3v) is 5.05. The van der Waals surface area contributed by atoms with Gasteiger partial charge in [0.25, 0.3) is 5.56 Å². The molecule has 1 N–H and O–H groups in total. The molecule has 4 aromatic rings. The molecule has 0 amide bonds. The number of nitrogens with one attached hydrogen (secondary N) is 1. The Balaban J connectivity index is 1.96. The van der Waals surface area contributed by atoms with E-state index in [0.29, 0.717) is 17.0 Å². The fourth-order valence-electron chi connectivity index (χ4n) is 2.69. The summed E-state index contributed by atoms with van der Waals surface area (Å²) < 4.78 is 5.57. The lowest BCUT2D eigenvalue weighted by molar-refractivity contribution is 0.544. The summed E-state index contributed by atoms with van der Waals surface area (Å²) in [7, 11) is 0. The SMILES string of the molecule is Cc1ccc(-c2nc3sc(-c4ccccc4)c(C)c3c(=O)[nH]2)o1. The van der Waals surface area contributed by atoms with Crippen LogP contribution >= 0.6 is 11.3 Å². The standard InChI is InChI=1S/C18H14N2O2S/c1-10-8-9-13(22-10)16-19-17(21)14-11(2)15(23-18(14)20-16)12-6-4-3-5-7-12/h3-9H,1-2H3,(H,19,20,21). The topological polar surface area (TPSA) is 58.9 Å². The number of hydrogen-bond donors (Lipinski definition) is 1. The van der Waals surface area contributed by atoms with Gasteiger partial charge >= 0.3 is 0 Å². The van der Waals surface area contributed by atoms with Crippen LogP contribution in [0.15, 0.2) is 51.7 Å². The number of aromatic amines is 1. The van der Waals surface area contributed by atoms with E-state index in [-0.39, 0.29) is 5.56 Å². The van der Waals surface area contributed by atoms with Gasteiger partial charge in [-0.25, -0.2) is 4.98 Å². The number of hydrogen-bond acceptors (Lipinski definition) is 4. The minimum absolute atomic E-state index is 0.130. The number of fused-ring (bicyclic) bond motifs is 1. The van der Waals surface area contributed by atoms with Crippen LogP contribution in [0, 0.1) is 13.8 Å². The Bertz CT molecular complexity index is 1060. The second-order valence-electron chi connectivity index (χ2n) is 5.43. The highest BCUT2D eigenvalue weighted by Gasteiger charge is 2.16. The molecule has 0 spiro atoms. The second kappa shape index (κ2) is 5.21. The molecule has 0 unspecified atom stereocenters. The molecule has 3 aromatic heterocycles. The minimum atomic E-state index is -0.130. The van der Waals surface area contributed by atoms with Crippen LogP contribution in [-0.4, -0.2) is 9.97 Å². The number of rotatable bonds is 2. The van der Waals surface area contributed by atoms with Crippen molar-refractivity contribution in [2.24, 2.45) is 0 Å². The van der Waals surface area contributed by atoms with Crippen molar-refractivity contribution in [1.82, 2.24) is 9.97 Å². The zero-order chi connectivity index (χ0) is 16.0. The average molecular weight is 322 g/mol. The first kappa shape index (κ1) is 14.0. The van der Waals surface area contributed by atoms with Gasteiger partial charge in [0, 0.05) is 4.88 Å². The Morgan fingerprint density at radius 1 is 1.09 bits per heavy atom. The van der Waals surface area contributed by atoms with Gasteiger partial charge in [-0.05, 0) is 37.1 Å². The highest BCUT2D eigenvalue weighted by atomic mass is 32.1. The third kappa shape index (κ3) is 2.29. The van der Waals surface area contributed by atoms with E-state index in [1.165, 1.54) is 11.3 Å². The molecule has 3 heterocycles. The van der Waals surface area contributed by atoms with Gasteiger partial charge in [0.05, 0.1) is 5.39 Å². The molecule has 5 heteroatoms. The van der Waals surface area contributed by atoms with E-state index in [1.54, 1.807) is 0 Å². The predicted octanol–water partition coefficient (Wildman–Crippen LogP) is 4.53. The lowest BCUT2D eigenvalue weighted by atomic mass is 10.1. The molecule has 1 aromatic carbocycles. The summed E-state index contributed by atoms with van der Waals surface area (Å²) in [5, 5.41) is 0.654. The van der Waals surface area contributed by atoms with Crippen molar-refractivity contribution in [2.45, 2.75) is 13.8 Å². The number of thiophene rings is 1. The van der Waals surface area contributed by atoms with Gasteiger partial charge in [0.2, 0.25) is 0 Å². The van der Waals surface area contributed by atoms with Crippen molar-refractivity contribution >= 4 is 21.6 Å². The maximum absolute atomic E-state index is 12.5. The van der Waals surface area contributed by atoms with E-state index in [0.717, 1.165) is 26.6 Å². The summed E-state index contributed by atoms with van der Waals surface area (Å²) in [4.78, 5) is 21.7. The predicted molar refractivity (Wildman–Crippen MR) is 92.9 cm³/mol. The maximum atomic E-state index is 12.5. The fourth-order valence-corrected chi connectivity index (χ4v) is 3.87. The van der Waals surface area contributed by atoms with Crippen LogP contribution in [0.4, 0.5) is 0 Å². The van der Waals surface area contributed by atoms with Gasteiger partial charge in [-0.2, -0.15) is 0 Å². The first-order valence-corrected chi connectivity index (χ1v) is 8.11. The Morgan fingerprint density at radius 3 is 2.57 bits per heavy atom. The van der Waals surface area contributed by atoms with Gasteiger partial charge in [-0.15, -0.1) is 11.3 Å². The first-order valence-electron chi connectivity index (χ1n) is 7.29. The number of benzene rings is 1. The van der Waals surface area contributed by atoms with Gasteiger partial charge < -0.3 is 9.40 Å². The molecular formula is C18H14N2O2S. The molecule has 0 atom stereocenters. The van der Waals surface area contributed by atoms with Crippen LogP contribution in [0.5, 0.6) is 0 Å². The Kier molecular flexibility index (Phi) is 3.16. The zero-order valence-electron chi connectivity index (χ0n) is 12.7. The van der Waals surface area contributed by atoms with Crippen LogP contribution in [-0.2, 0) is 0 Å². The molecule has 0 bridgehead atoms. The van der Waals surface area contributed by atoms with Crippen LogP contribution in [0.2, 0.25) is 0 Å². The van der Waals surface area contributed by atoms with Crippen LogP contribution in [0.1, 0.15) is 11.3 Å². The largest absolute Gasteiger partial charge is 0.458 e. The Labute approximate surface area is 136 Å².